The van der Waals surface area contributed by atoms with E-state index in [4.69, 9.17) is 4.74 Å². The lowest BCUT2D eigenvalue weighted by atomic mass is 10.1. The molecule has 3 nitrogen and oxygen atoms in total. The van der Waals surface area contributed by atoms with Crippen molar-refractivity contribution < 1.29 is 4.74 Å². The van der Waals surface area contributed by atoms with Gasteiger partial charge in [-0.15, -0.1) is 0 Å². The normalized spacial score (nSPS) is 14.7. The lowest BCUT2D eigenvalue weighted by molar-refractivity contribution is 0.351. The number of pyridine rings is 1. The summed E-state index contributed by atoms with van der Waals surface area (Å²) in [6.07, 6.45) is 4.66. The molecule has 1 aromatic carbocycles. The largest absolute Gasteiger partial charge is 0.493 e. The molecule has 1 aliphatic heterocycles. The van der Waals surface area contributed by atoms with Gasteiger partial charge in [-0.1, -0.05) is 15.9 Å². The third-order valence-electron chi connectivity index (χ3n) is 3.63. The van der Waals surface area contributed by atoms with Crippen molar-refractivity contribution in [1.29, 1.82) is 0 Å². The average Bonchev–Trinajstić information content (AvgIpc) is 2.93. The van der Waals surface area contributed by atoms with Gasteiger partial charge < -0.3 is 10.1 Å². The minimum Gasteiger partial charge on any atom is -0.493 e. The van der Waals surface area contributed by atoms with Gasteiger partial charge in [-0.2, -0.15) is 0 Å². The van der Waals surface area contributed by atoms with Gasteiger partial charge in [0.2, 0.25) is 0 Å². The average molecular weight is 333 g/mol. The Balaban J connectivity index is 1.73. The van der Waals surface area contributed by atoms with Crippen LogP contribution in [0.5, 0.6) is 5.75 Å². The summed E-state index contributed by atoms with van der Waals surface area (Å²) >= 11 is 3.58. The zero-order chi connectivity index (χ0) is 13.9. The molecule has 1 N–H and O–H groups in total. The van der Waals surface area contributed by atoms with E-state index >= 15 is 0 Å². The highest BCUT2D eigenvalue weighted by Gasteiger charge is 2.17. The van der Waals surface area contributed by atoms with Crippen LogP contribution in [0.3, 0.4) is 0 Å². The van der Waals surface area contributed by atoms with E-state index in [1.807, 2.05) is 24.5 Å². The molecular weight excluding hydrogens is 316 g/mol. The maximum absolute atomic E-state index is 5.75. The summed E-state index contributed by atoms with van der Waals surface area (Å²) in [5, 5.41) is 3.54. The van der Waals surface area contributed by atoms with E-state index in [-0.39, 0.29) is 6.04 Å². The van der Waals surface area contributed by atoms with Crippen LogP contribution in [0.1, 0.15) is 29.7 Å². The zero-order valence-corrected chi connectivity index (χ0v) is 13.0. The molecule has 1 aliphatic rings. The molecule has 0 aliphatic carbocycles. The number of aromatic nitrogens is 1. The monoisotopic (exact) mass is 332 g/mol. The van der Waals surface area contributed by atoms with Crippen molar-refractivity contribution in [2.45, 2.75) is 25.9 Å². The molecule has 0 saturated carbocycles. The van der Waals surface area contributed by atoms with E-state index < -0.39 is 0 Å². The second kappa shape index (κ2) is 5.94. The van der Waals surface area contributed by atoms with Crippen molar-refractivity contribution in [3.8, 4) is 5.75 Å². The van der Waals surface area contributed by atoms with Gasteiger partial charge in [0.1, 0.15) is 5.75 Å². The van der Waals surface area contributed by atoms with Gasteiger partial charge in [0, 0.05) is 41.4 Å². The first-order chi connectivity index (χ1) is 9.74. The topological polar surface area (TPSA) is 34.1 Å². The van der Waals surface area contributed by atoms with Gasteiger partial charge in [-0.3, -0.25) is 4.98 Å². The van der Waals surface area contributed by atoms with Crippen LogP contribution in [0.2, 0.25) is 0 Å². The first-order valence-corrected chi connectivity index (χ1v) is 7.61. The van der Waals surface area contributed by atoms with Crippen LogP contribution < -0.4 is 10.1 Å². The maximum atomic E-state index is 5.75. The van der Waals surface area contributed by atoms with Crippen LogP contribution in [-0.2, 0) is 13.0 Å². The number of hydrogen-bond donors (Lipinski definition) is 1. The fourth-order valence-electron chi connectivity index (χ4n) is 2.51. The lowest BCUT2D eigenvalue weighted by Gasteiger charge is -2.16. The molecule has 0 amide bonds. The SMILES string of the molecule is CC(NCc1cc(Br)cc2c1OCC2)c1ccncc1. The Morgan fingerprint density at radius 2 is 2.15 bits per heavy atom. The summed E-state index contributed by atoms with van der Waals surface area (Å²) in [5.41, 5.74) is 3.76. The van der Waals surface area contributed by atoms with Crippen LogP contribution in [0, 0.1) is 0 Å². The summed E-state index contributed by atoms with van der Waals surface area (Å²) in [5.74, 6) is 1.06. The standard InChI is InChI=1S/C16H17BrN2O/c1-11(12-2-5-18-6-3-12)19-10-14-9-15(17)8-13-4-7-20-16(13)14/h2-3,5-6,8-9,11,19H,4,7,10H2,1H3. The summed E-state index contributed by atoms with van der Waals surface area (Å²) < 4.78 is 6.87. The summed E-state index contributed by atoms with van der Waals surface area (Å²) in [7, 11) is 0. The van der Waals surface area contributed by atoms with Crippen LogP contribution >= 0.6 is 15.9 Å². The molecule has 2 aromatic rings. The van der Waals surface area contributed by atoms with Crippen LogP contribution in [0.25, 0.3) is 0 Å². The van der Waals surface area contributed by atoms with Crippen molar-refractivity contribution >= 4 is 15.9 Å². The first-order valence-electron chi connectivity index (χ1n) is 6.81. The van der Waals surface area contributed by atoms with Crippen LogP contribution in [0.4, 0.5) is 0 Å². The van der Waals surface area contributed by atoms with Gasteiger partial charge in [0.25, 0.3) is 0 Å². The van der Waals surface area contributed by atoms with E-state index in [1.54, 1.807) is 0 Å². The van der Waals surface area contributed by atoms with Crippen molar-refractivity contribution in [3.63, 3.8) is 0 Å². The van der Waals surface area contributed by atoms with Gasteiger partial charge in [0.05, 0.1) is 6.61 Å². The van der Waals surface area contributed by atoms with Crippen LogP contribution in [-0.4, -0.2) is 11.6 Å². The Morgan fingerprint density at radius 1 is 1.35 bits per heavy atom. The lowest BCUT2D eigenvalue weighted by Crippen LogP contribution is -2.18. The number of rotatable bonds is 4. The Morgan fingerprint density at radius 3 is 2.95 bits per heavy atom. The number of nitrogens with zero attached hydrogens (tertiary/aromatic N) is 1. The number of nitrogens with one attached hydrogen (secondary N) is 1. The smallest absolute Gasteiger partial charge is 0.127 e. The van der Waals surface area contributed by atoms with Gasteiger partial charge in [-0.05, 0) is 42.3 Å². The molecule has 2 heterocycles. The molecule has 0 bridgehead atoms. The summed E-state index contributed by atoms with van der Waals surface area (Å²) in [6.45, 7) is 3.75. The molecule has 1 unspecified atom stereocenters. The predicted octanol–water partition coefficient (Wildman–Crippen LogP) is 3.63. The molecule has 20 heavy (non-hydrogen) atoms. The molecule has 0 fully saturated rings. The van der Waals surface area contributed by atoms with E-state index in [2.05, 4.69) is 45.3 Å². The molecule has 1 atom stereocenters. The Kier molecular flexibility index (Phi) is 4.03. The molecule has 104 valence electrons. The Bertz CT molecular complexity index is 601. The highest BCUT2D eigenvalue weighted by molar-refractivity contribution is 9.10. The molecule has 0 saturated heterocycles. The van der Waals surface area contributed by atoms with E-state index in [0.717, 1.165) is 29.8 Å². The van der Waals surface area contributed by atoms with E-state index in [9.17, 15) is 0 Å². The molecular formula is C16H17BrN2O. The molecule has 1 aromatic heterocycles. The van der Waals surface area contributed by atoms with Crippen molar-refractivity contribution in [2.75, 3.05) is 6.61 Å². The molecule has 0 spiro atoms. The first kappa shape index (κ1) is 13.6. The Hall–Kier alpha value is -1.39. The Labute approximate surface area is 127 Å². The van der Waals surface area contributed by atoms with E-state index in [1.165, 1.54) is 16.7 Å². The zero-order valence-electron chi connectivity index (χ0n) is 11.4. The number of hydrogen-bond acceptors (Lipinski definition) is 3. The molecule has 0 radical (unpaired) electrons. The summed E-state index contributed by atoms with van der Waals surface area (Å²) in [4.78, 5) is 4.05. The minimum absolute atomic E-state index is 0.286. The molecule has 3 rings (SSSR count). The fourth-order valence-corrected chi connectivity index (χ4v) is 3.06. The third-order valence-corrected chi connectivity index (χ3v) is 4.09. The van der Waals surface area contributed by atoms with Gasteiger partial charge in [0.15, 0.2) is 0 Å². The number of halogens is 1. The second-order valence-electron chi connectivity index (χ2n) is 5.03. The van der Waals surface area contributed by atoms with Crippen molar-refractivity contribution in [1.82, 2.24) is 10.3 Å². The number of fused-ring (bicyclic) bond motifs is 1. The maximum Gasteiger partial charge on any atom is 0.127 e. The van der Waals surface area contributed by atoms with E-state index in [0.29, 0.717) is 0 Å². The van der Waals surface area contributed by atoms with Gasteiger partial charge in [-0.25, -0.2) is 0 Å². The predicted molar refractivity (Wildman–Crippen MR) is 82.8 cm³/mol. The third kappa shape index (κ3) is 2.86. The minimum atomic E-state index is 0.286. The quantitative estimate of drug-likeness (QED) is 0.928. The van der Waals surface area contributed by atoms with Gasteiger partial charge >= 0.3 is 0 Å². The highest BCUT2D eigenvalue weighted by Crippen LogP contribution is 2.33. The van der Waals surface area contributed by atoms with Crippen molar-refractivity contribution in [3.05, 3.63) is 57.8 Å². The van der Waals surface area contributed by atoms with Crippen molar-refractivity contribution in [2.24, 2.45) is 0 Å². The fraction of sp³-hybridized carbons (Fsp3) is 0.312. The number of benzene rings is 1. The van der Waals surface area contributed by atoms with Crippen LogP contribution in [0.15, 0.2) is 41.1 Å². The number of ether oxygens (including phenoxy) is 1. The molecule has 4 heteroatoms. The highest BCUT2D eigenvalue weighted by atomic mass is 79.9. The second-order valence-corrected chi connectivity index (χ2v) is 5.95. The summed E-state index contributed by atoms with van der Waals surface area (Å²) in [6, 6.07) is 8.65.